The summed E-state index contributed by atoms with van der Waals surface area (Å²) in [6.45, 7) is 0. The Morgan fingerprint density at radius 1 is 1.10 bits per heavy atom. The molecule has 7 nitrogen and oxygen atoms in total. The van der Waals surface area contributed by atoms with E-state index in [1.165, 1.54) is 19.2 Å². The minimum Gasteiger partial charge on any atom is -0.504 e. The van der Waals surface area contributed by atoms with E-state index in [9.17, 15) is 18.3 Å². The molecular formula is C21H16N2O5S2. The van der Waals surface area contributed by atoms with E-state index in [-0.39, 0.29) is 26.5 Å². The first-order chi connectivity index (χ1) is 14.4. The van der Waals surface area contributed by atoms with Gasteiger partial charge in [-0.2, -0.15) is 8.42 Å². The number of amides is 1. The quantitative estimate of drug-likeness (QED) is 0.602. The number of phenolic OH excluding ortho intramolecular Hbond substituents is 1. The number of carbonyl (C=O) groups excluding carboxylic acids is 1. The Kier molecular flexibility index (Phi) is 5.23. The van der Waals surface area contributed by atoms with Gasteiger partial charge in [-0.25, -0.2) is 0 Å². The van der Waals surface area contributed by atoms with E-state index in [1.807, 2.05) is 18.2 Å². The van der Waals surface area contributed by atoms with E-state index in [1.54, 1.807) is 36.4 Å². The highest BCUT2D eigenvalue weighted by Crippen LogP contribution is 2.32. The Labute approximate surface area is 177 Å². The zero-order valence-corrected chi connectivity index (χ0v) is 17.3. The fourth-order valence-corrected chi connectivity index (χ4v) is 5.20. The molecule has 30 heavy (non-hydrogen) atoms. The Hall–Kier alpha value is -3.30. The fourth-order valence-electron chi connectivity index (χ4n) is 2.99. The summed E-state index contributed by atoms with van der Waals surface area (Å²) in [5.74, 6) is -0.217. The van der Waals surface area contributed by atoms with Crippen molar-refractivity contribution >= 4 is 49.7 Å². The third kappa shape index (κ3) is 3.89. The number of nitrogens with one attached hydrogen (secondary N) is 1. The zero-order valence-electron chi connectivity index (χ0n) is 15.7. The number of thioether (sulfide) groups is 1. The first-order valence-electron chi connectivity index (χ1n) is 8.78. The molecule has 4 rings (SSSR count). The molecule has 3 aromatic rings. The molecule has 1 heterocycles. The number of aromatic hydroxyl groups is 1. The summed E-state index contributed by atoms with van der Waals surface area (Å²) < 4.78 is 34.6. The Bertz CT molecular complexity index is 1320. The van der Waals surface area contributed by atoms with Crippen molar-refractivity contribution in [3.8, 4) is 11.5 Å². The van der Waals surface area contributed by atoms with Crippen molar-refractivity contribution in [3.63, 3.8) is 0 Å². The lowest BCUT2D eigenvalue weighted by molar-refractivity contribution is -0.115. The van der Waals surface area contributed by atoms with Gasteiger partial charge in [0.25, 0.3) is 15.9 Å². The van der Waals surface area contributed by atoms with Crippen LogP contribution in [-0.2, 0) is 14.8 Å². The van der Waals surface area contributed by atoms with Gasteiger partial charge in [-0.1, -0.05) is 42.5 Å². The van der Waals surface area contributed by atoms with Gasteiger partial charge in [0.15, 0.2) is 16.7 Å². The molecule has 9 heteroatoms. The summed E-state index contributed by atoms with van der Waals surface area (Å²) in [4.78, 5) is 12.6. The zero-order chi connectivity index (χ0) is 21.3. The number of hydrogen-bond acceptors (Lipinski definition) is 6. The molecule has 3 aromatic carbocycles. The Morgan fingerprint density at radius 2 is 1.87 bits per heavy atom. The SMILES string of the molecule is COc1cc(C=C2S/C(=N/S(=O)(=O)c3cccc4ccccc34)NC2=O)ccc1O. The first kappa shape index (κ1) is 20.0. The van der Waals surface area contributed by atoms with Gasteiger partial charge in [-0.15, -0.1) is 4.40 Å². The maximum Gasteiger partial charge on any atom is 0.285 e. The monoisotopic (exact) mass is 440 g/mol. The average Bonchev–Trinajstić information content (AvgIpc) is 3.06. The minimum atomic E-state index is -4.03. The number of fused-ring (bicyclic) bond motifs is 1. The molecule has 2 N–H and O–H groups in total. The molecule has 0 aliphatic carbocycles. The summed E-state index contributed by atoms with van der Waals surface area (Å²) >= 11 is 0.926. The number of carbonyl (C=O) groups is 1. The molecule has 1 fully saturated rings. The van der Waals surface area contributed by atoms with Crippen LogP contribution in [0, 0.1) is 0 Å². The molecule has 0 atom stereocenters. The highest BCUT2D eigenvalue weighted by Gasteiger charge is 2.27. The number of nitrogens with zero attached hydrogens (tertiary/aromatic N) is 1. The molecule has 1 aliphatic heterocycles. The second-order valence-corrected chi connectivity index (χ2v) is 8.95. The molecule has 0 bridgehead atoms. The number of hydrogen-bond donors (Lipinski definition) is 2. The predicted octanol–water partition coefficient (Wildman–Crippen LogP) is 3.50. The van der Waals surface area contributed by atoms with Crippen LogP contribution in [0.3, 0.4) is 0 Å². The standard InChI is InChI=1S/C21H16N2O5S2/c1-28-17-11-13(9-10-16(17)24)12-18-20(25)22-21(29-18)23-30(26,27)19-8-4-6-14-5-2-3-7-15(14)19/h2-12,24H,1H3,(H,22,23,25). The lowest BCUT2D eigenvalue weighted by atomic mass is 10.1. The van der Waals surface area contributed by atoms with E-state index >= 15 is 0 Å². The molecule has 0 aromatic heterocycles. The van der Waals surface area contributed by atoms with Gasteiger partial charge in [-0.05, 0) is 47.0 Å². The minimum absolute atomic E-state index is 0.0217. The van der Waals surface area contributed by atoms with Crippen LogP contribution in [0.5, 0.6) is 11.5 Å². The van der Waals surface area contributed by atoms with Gasteiger partial charge in [-0.3, -0.25) is 10.1 Å². The third-order valence-electron chi connectivity index (χ3n) is 4.38. The van der Waals surface area contributed by atoms with E-state index in [2.05, 4.69) is 9.71 Å². The summed E-state index contributed by atoms with van der Waals surface area (Å²) in [6, 6.07) is 16.7. The van der Waals surface area contributed by atoms with Gasteiger partial charge >= 0.3 is 0 Å². The van der Waals surface area contributed by atoms with Crippen LogP contribution in [0.25, 0.3) is 16.8 Å². The Morgan fingerprint density at radius 3 is 2.67 bits per heavy atom. The Balaban J connectivity index is 1.66. The number of sulfonamides is 1. The second-order valence-electron chi connectivity index (χ2n) is 6.34. The highest BCUT2D eigenvalue weighted by molar-refractivity contribution is 8.19. The number of methoxy groups -OCH3 is 1. The average molecular weight is 441 g/mol. The summed E-state index contributed by atoms with van der Waals surface area (Å²) in [6.07, 6.45) is 1.56. The van der Waals surface area contributed by atoms with Crippen molar-refractivity contribution in [2.24, 2.45) is 4.40 Å². The molecular weight excluding hydrogens is 424 g/mol. The lowest BCUT2D eigenvalue weighted by Gasteiger charge is -2.05. The van der Waals surface area contributed by atoms with Crippen LogP contribution >= 0.6 is 11.8 Å². The van der Waals surface area contributed by atoms with Gasteiger partial charge < -0.3 is 9.84 Å². The van der Waals surface area contributed by atoms with E-state index in [4.69, 9.17) is 4.74 Å². The smallest absolute Gasteiger partial charge is 0.285 e. The summed E-state index contributed by atoms with van der Waals surface area (Å²) in [5.41, 5.74) is 0.612. The van der Waals surface area contributed by atoms with Crippen LogP contribution in [0.15, 0.2) is 74.9 Å². The van der Waals surface area contributed by atoms with Crippen molar-refractivity contribution < 1.29 is 23.1 Å². The van der Waals surface area contributed by atoms with Crippen molar-refractivity contribution in [3.05, 3.63) is 71.1 Å². The number of phenols is 1. The van der Waals surface area contributed by atoms with Gasteiger partial charge in [0.05, 0.1) is 16.9 Å². The highest BCUT2D eigenvalue weighted by atomic mass is 32.2. The van der Waals surface area contributed by atoms with Crippen molar-refractivity contribution in [2.75, 3.05) is 7.11 Å². The largest absolute Gasteiger partial charge is 0.504 e. The normalized spacial score (nSPS) is 16.9. The summed E-state index contributed by atoms with van der Waals surface area (Å²) in [7, 11) is -2.61. The number of ether oxygens (including phenoxy) is 1. The molecule has 0 radical (unpaired) electrons. The molecule has 1 saturated heterocycles. The fraction of sp³-hybridized carbons (Fsp3) is 0.0476. The molecule has 152 valence electrons. The summed E-state index contributed by atoms with van der Waals surface area (Å²) in [5, 5.41) is 13.5. The molecule has 1 aliphatic rings. The van der Waals surface area contributed by atoms with Crippen LogP contribution in [0.2, 0.25) is 0 Å². The second kappa shape index (κ2) is 7.85. The lowest BCUT2D eigenvalue weighted by Crippen LogP contribution is -2.20. The molecule has 0 unspecified atom stereocenters. The van der Waals surface area contributed by atoms with Gasteiger partial charge in [0, 0.05) is 5.39 Å². The van der Waals surface area contributed by atoms with Crippen molar-refractivity contribution in [2.45, 2.75) is 4.90 Å². The van der Waals surface area contributed by atoms with Crippen molar-refractivity contribution in [1.82, 2.24) is 5.32 Å². The van der Waals surface area contributed by atoms with E-state index in [0.29, 0.717) is 10.9 Å². The number of benzene rings is 3. The van der Waals surface area contributed by atoms with Crippen LogP contribution < -0.4 is 10.1 Å². The van der Waals surface area contributed by atoms with Gasteiger partial charge in [0.2, 0.25) is 0 Å². The van der Waals surface area contributed by atoms with E-state index < -0.39 is 15.9 Å². The maximum atomic E-state index is 12.9. The third-order valence-corrected chi connectivity index (χ3v) is 6.74. The van der Waals surface area contributed by atoms with Gasteiger partial charge in [0.1, 0.15) is 0 Å². The van der Waals surface area contributed by atoms with Crippen LogP contribution in [0.1, 0.15) is 5.56 Å². The van der Waals surface area contributed by atoms with Crippen molar-refractivity contribution in [1.29, 1.82) is 0 Å². The maximum absolute atomic E-state index is 12.9. The van der Waals surface area contributed by atoms with Crippen LogP contribution in [0.4, 0.5) is 0 Å². The van der Waals surface area contributed by atoms with E-state index in [0.717, 1.165) is 17.1 Å². The first-order valence-corrected chi connectivity index (χ1v) is 11.0. The number of rotatable bonds is 4. The molecule has 0 spiro atoms. The van der Waals surface area contributed by atoms with Crippen LogP contribution in [-0.4, -0.2) is 31.7 Å². The molecule has 1 amide bonds. The number of amidine groups is 1. The molecule has 0 saturated carbocycles. The predicted molar refractivity (Wildman–Crippen MR) is 117 cm³/mol. The topological polar surface area (TPSA) is 105 Å².